The molecule has 1 aromatic heterocycles. The predicted octanol–water partition coefficient (Wildman–Crippen LogP) is 4.58. The van der Waals surface area contributed by atoms with E-state index in [9.17, 15) is 10.5 Å². The minimum absolute atomic E-state index is 0.263. The smallest absolute Gasteiger partial charge is 0.144 e. The van der Waals surface area contributed by atoms with Gasteiger partial charge in [-0.05, 0) is 31.0 Å². The van der Waals surface area contributed by atoms with Crippen LogP contribution < -0.4 is 0 Å². The normalized spacial score (nSPS) is 12.0. The third kappa shape index (κ3) is 2.58. The highest BCUT2D eigenvalue weighted by atomic mass is 14.7. The molecule has 112 valence electrons. The maximum atomic E-state index is 9.51. The number of rotatable bonds is 3. The zero-order chi connectivity index (χ0) is 16.4. The number of nitriles is 2. The fourth-order valence-corrected chi connectivity index (χ4v) is 3.27. The van der Waals surface area contributed by atoms with E-state index in [0.717, 1.165) is 33.3 Å². The van der Waals surface area contributed by atoms with Crippen LogP contribution in [0.3, 0.4) is 0 Å². The van der Waals surface area contributed by atoms with E-state index in [-0.39, 0.29) is 5.92 Å². The van der Waals surface area contributed by atoms with Crippen molar-refractivity contribution < 1.29 is 0 Å². The average Bonchev–Trinajstić information content (AvgIpc) is 2.88. The largest absolute Gasteiger partial charge is 0.358 e. The van der Waals surface area contributed by atoms with Crippen molar-refractivity contribution in [2.24, 2.45) is 5.92 Å². The summed E-state index contributed by atoms with van der Waals surface area (Å²) in [6, 6.07) is 20.5. The molecule has 0 spiro atoms. The molecule has 0 saturated heterocycles. The van der Waals surface area contributed by atoms with Crippen LogP contribution in [0.2, 0.25) is 0 Å². The Labute approximate surface area is 135 Å². The van der Waals surface area contributed by atoms with Crippen molar-refractivity contribution in [3.63, 3.8) is 0 Å². The van der Waals surface area contributed by atoms with E-state index in [1.54, 1.807) is 0 Å². The highest BCUT2D eigenvalue weighted by molar-refractivity contribution is 5.86. The van der Waals surface area contributed by atoms with Gasteiger partial charge in [-0.1, -0.05) is 48.0 Å². The highest BCUT2D eigenvalue weighted by Gasteiger charge is 2.29. The summed E-state index contributed by atoms with van der Waals surface area (Å²) >= 11 is 0. The minimum atomic E-state index is -0.727. The second-order valence-corrected chi connectivity index (χ2v) is 5.84. The van der Waals surface area contributed by atoms with E-state index >= 15 is 0 Å². The molecular formula is C20H17N3. The Morgan fingerprint density at radius 1 is 0.957 bits per heavy atom. The van der Waals surface area contributed by atoms with Crippen molar-refractivity contribution >= 4 is 10.9 Å². The molecule has 0 aliphatic heterocycles. The van der Waals surface area contributed by atoms with Crippen molar-refractivity contribution in [1.82, 2.24) is 4.98 Å². The van der Waals surface area contributed by atoms with Crippen molar-refractivity contribution in [3.8, 4) is 12.1 Å². The molecule has 3 heteroatoms. The molecule has 3 nitrogen and oxygen atoms in total. The first-order valence-electron chi connectivity index (χ1n) is 7.58. The van der Waals surface area contributed by atoms with Gasteiger partial charge >= 0.3 is 0 Å². The molecule has 23 heavy (non-hydrogen) atoms. The molecule has 0 amide bonds. The quantitative estimate of drug-likeness (QED) is 0.769. The fraction of sp³-hybridized carbons (Fsp3) is 0.200. The number of nitrogens with zero attached hydrogens (tertiary/aromatic N) is 2. The van der Waals surface area contributed by atoms with Gasteiger partial charge in [0, 0.05) is 22.5 Å². The molecule has 0 saturated carbocycles. The molecule has 3 rings (SSSR count). The number of hydrogen-bond donors (Lipinski definition) is 1. The number of aromatic amines is 1. The number of H-pyrrole nitrogens is 1. The van der Waals surface area contributed by atoms with Gasteiger partial charge in [0.15, 0.2) is 0 Å². The van der Waals surface area contributed by atoms with Crippen LogP contribution in [0.25, 0.3) is 10.9 Å². The highest BCUT2D eigenvalue weighted by Crippen LogP contribution is 2.38. The second-order valence-electron chi connectivity index (χ2n) is 5.84. The average molecular weight is 299 g/mol. The van der Waals surface area contributed by atoms with Crippen LogP contribution in [-0.2, 0) is 0 Å². The Bertz CT molecular complexity index is 923. The summed E-state index contributed by atoms with van der Waals surface area (Å²) in [6.07, 6.45) is 0. The topological polar surface area (TPSA) is 63.4 Å². The van der Waals surface area contributed by atoms with Crippen molar-refractivity contribution in [3.05, 3.63) is 70.9 Å². The summed E-state index contributed by atoms with van der Waals surface area (Å²) in [5.41, 5.74) is 5.21. The summed E-state index contributed by atoms with van der Waals surface area (Å²) in [4.78, 5) is 3.38. The summed E-state index contributed by atoms with van der Waals surface area (Å²) < 4.78 is 0. The summed E-state index contributed by atoms with van der Waals surface area (Å²) in [6.45, 7) is 4.03. The van der Waals surface area contributed by atoms with Crippen LogP contribution in [0, 0.1) is 42.4 Å². The van der Waals surface area contributed by atoms with E-state index in [2.05, 4.69) is 23.2 Å². The van der Waals surface area contributed by atoms with E-state index in [4.69, 9.17) is 0 Å². The van der Waals surface area contributed by atoms with Crippen molar-refractivity contribution in [2.75, 3.05) is 0 Å². The van der Waals surface area contributed by atoms with Crippen molar-refractivity contribution in [2.45, 2.75) is 19.8 Å². The van der Waals surface area contributed by atoms with E-state index in [1.165, 1.54) is 0 Å². The zero-order valence-corrected chi connectivity index (χ0v) is 13.2. The maximum absolute atomic E-state index is 9.51. The number of fused-ring (bicyclic) bond motifs is 1. The van der Waals surface area contributed by atoms with Gasteiger partial charge in [0.2, 0.25) is 0 Å². The molecule has 0 bridgehead atoms. The Morgan fingerprint density at radius 2 is 1.70 bits per heavy atom. The zero-order valence-electron chi connectivity index (χ0n) is 13.2. The number of aromatic nitrogens is 1. The molecule has 1 N–H and O–H groups in total. The summed E-state index contributed by atoms with van der Waals surface area (Å²) in [5.74, 6) is -0.990. The fourth-order valence-electron chi connectivity index (χ4n) is 3.27. The first kappa shape index (κ1) is 14.9. The van der Waals surface area contributed by atoms with E-state index < -0.39 is 5.92 Å². The van der Waals surface area contributed by atoms with Gasteiger partial charge in [0.25, 0.3) is 0 Å². The van der Waals surface area contributed by atoms with Crippen LogP contribution in [-0.4, -0.2) is 4.98 Å². The van der Waals surface area contributed by atoms with Gasteiger partial charge < -0.3 is 4.98 Å². The van der Waals surface area contributed by atoms with Crippen LogP contribution in [0.15, 0.2) is 48.5 Å². The van der Waals surface area contributed by atoms with Gasteiger partial charge in [-0.25, -0.2) is 0 Å². The molecule has 0 radical (unpaired) electrons. The molecule has 0 fully saturated rings. The molecule has 0 aliphatic carbocycles. The molecule has 2 aromatic carbocycles. The lowest BCUT2D eigenvalue weighted by Crippen LogP contribution is -2.12. The molecule has 3 aromatic rings. The Morgan fingerprint density at radius 3 is 2.39 bits per heavy atom. The number of nitrogens with one attached hydrogen (secondary N) is 1. The first-order valence-corrected chi connectivity index (χ1v) is 7.58. The Balaban J connectivity index is 2.29. The first-order chi connectivity index (χ1) is 11.2. The Hall–Kier alpha value is -3.04. The number of para-hydroxylation sites is 1. The van der Waals surface area contributed by atoms with Gasteiger partial charge in [-0.15, -0.1) is 0 Å². The monoisotopic (exact) mass is 299 g/mol. The third-order valence-electron chi connectivity index (χ3n) is 4.27. The van der Waals surface area contributed by atoms with Gasteiger partial charge in [0.1, 0.15) is 5.92 Å². The summed E-state index contributed by atoms with van der Waals surface area (Å²) in [7, 11) is 0. The number of hydrogen-bond acceptors (Lipinski definition) is 2. The van der Waals surface area contributed by atoms with Gasteiger partial charge in [0.05, 0.1) is 12.1 Å². The Kier molecular flexibility index (Phi) is 3.87. The molecule has 1 atom stereocenters. The van der Waals surface area contributed by atoms with Crippen LogP contribution >= 0.6 is 0 Å². The minimum Gasteiger partial charge on any atom is -0.358 e. The SMILES string of the molecule is Cc1cccc(C(c2c(C)[nH]c3ccccc23)C(C#N)C#N)c1. The lowest BCUT2D eigenvalue weighted by Gasteiger charge is -2.19. The van der Waals surface area contributed by atoms with E-state index in [0.29, 0.717) is 0 Å². The number of aryl methyl sites for hydroxylation is 2. The van der Waals surface area contributed by atoms with Crippen LogP contribution in [0.5, 0.6) is 0 Å². The standard InChI is InChI=1S/C20H17N3/c1-13-6-5-7-15(10-13)20(16(11-21)12-22)19-14(2)23-18-9-4-3-8-17(18)19/h3-10,16,20,23H,1-2H3. The second kappa shape index (κ2) is 5.99. The van der Waals surface area contributed by atoms with Crippen molar-refractivity contribution in [1.29, 1.82) is 10.5 Å². The molecule has 1 unspecified atom stereocenters. The van der Waals surface area contributed by atoms with Gasteiger partial charge in [-0.3, -0.25) is 0 Å². The van der Waals surface area contributed by atoms with E-state index in [1.807, 2.05) is 56.3 Å². The third-order valence-corrected chi connectivity index (χ3v) is 4.27. The molecular weight excluding hydrogens is 282 g/mol. The summed E-state index contributed by atoms with van der Waals surface area (Å²) in [5, 5.41) is 20.1. The molecule has 0 aliphatic rings. The molecule has 1 heterocycles. The van der Waals surface area contributed by atoms with Gasteiger partial charge in [-0.2, -0.15) is 10.5 Å². The van der Waals surface area contributed by atoms with Crippen LogP contribution in [0.4, 0.5) is 0 Å². The lowest BCUT2D eigenvalue weighted by molar-refractivity contribution is 0.708. The maximum Gasteiger partial charge on any atom is 0.144 e. The number of benzene rings is 2. The van der Waals surface area contributed by atoms with Crippen LogP contribution in [0.1, 0.15) is 28.3 Å². The predicted molar refractivity (Wildman–Crippen MR) is 90.8 cm³/mol. The lowest BCUT2D eigenvalue weighted by atomic mass is 9.80.